The van der Waals surface area contributed by atoms with Gasteiger partial charge in [-0.15, -0.1) is 0 Å². The van der Waals surface area contributed by atoms with Gasteiger partial charge < -0.3 is 15.5 Å². The monoisotopic (exact) mass is 312 g/mol. The predicted octanol–water partition coefficient (Wildman–Crippen LogP) is 2.82. The fourth-order valence-corrected chi connectivity index (χ4v) is 2.31. The van der Waals surface area contributed by atoms with E-state index >= 15 is 0 Å². The molecule has 0 spiro atoms. The molecule has 0 radical (unpaired) electrons. The molecule has 0 saturated heterocycles. The SMILES string of the molecule is NCCCC(=O)Nc1ccc2nc(-c3ccc(F)cc3)cn2c1. The first-order valence-electron chi connectivity index (χ1n) is 7.40. The summed E-state index contributed by atoms with van der Waals surface area (Å²) in [5, 5.41) is 2.83. The number of fused-ring (bicyclic) bond motifs is 1. The Morgan fingerprint density at radius 1 is 1.17 bits per heavy atom. The molecule has 3 N–H and O–H groups in total. The van der Waals surface area contributed by atoms with Crippen LogP contribution >= 0.6 is 0 Å². The molecule has 118 valence electrons. The minimum atomic E-state index is -0.278. The summed E-state index contributed by atoms with van der Waals surface area (Å²) in [7, 11) is 0. The van der Waals surface area contributed by atoms with Gasteiger partial charge in [0.1, 0.15) is 11.5 Å². The third kappa shape index (κ3) is 3.54. The van der Waals surface area contributed by atoms with E-state index in [1.54, 1.807) is 24.4 Å². The first kappa shape index (κ1) is 15.2. The zero-order valence-corrected chi connectivity index (χ0v) is 12.5. The molecule has 0 unspecified atom stereocenters. The maximum atomic E-state index is 13.0. The van der Waals surface area contributed by atoms with Crippen LogP contribution in [0.1, 0.15) is 12.8 Å². The van der Waals surface area contributed by atoms with Crippen molar-refractivity contribution in [1.82, 2.24) is 9.38 Å². The zero-order valence-electron chi connectivity index (χ0n) is 12.5. The number of aromatic nitrogens is 2. The summed E-state index contributed by atoms with van der Waals surface area (Å²) in [5.74, 6) is -0.339. The fourth-order valence-electron chi connectivity index (χ4n) is 2.31. The Hall–Kier alpha value is -2.73. The van der Waals surface area contributed by atoms with Crippen molar-refractivity contribution in [3.05, 3.63) is 54.6 Å². The molecule has 0 saturated carbocycles. The molecule has 3 rings (SSSR count). The zero-order chi connectivity index (χ0) is 16.2. The number of nitrogens with one attached hydrogen (secondary N) is 1. The van der Waals surface area contributed by atoms with E-state index in [1.165, 1.54) is 12.1 Å². The number of nitrogens with two attached hydrogens (primary N) is 1. The van der Waals surface area contributed by atoms with Crippen molar-refractivity contribution in [2.75, 3.05) is 11.9 Å². The molecule has 0 aliphatic rings. The van der Waals surface area contributed by atoms with Gasteiger partial charge in [0.25, 0.3) is 0 Å². The maximum absolute atomic E-state index is 13.0. The van der Waals surface area contributed by atoms with Gasteiger partial charge >= 0.3 is 0 Å². The van der Waals surface area contributed by atoms with Crippen LogP contribution in [0.2, 0.25) is 0 Å². The average Bonchev–Trinajstić information content (AvgIpc) is 2.96. The van der Waals surface area contributed by atoms with Crippen molar-refractivity contribution in [3.63, 3.8) is 0 Å². The quantitative estimate of drug-likeness (QED) is 0.761. The van der Waals surface area contributed by atoms with E-state index in [0.717, 1.165) is 16.9 Å². The van der Waals surface area contributed by atoms with E-state index in [1.807, 2.05) is 16.7 Å². The molecule has 2 aromatic heterocycles. The van der Waals surface area contributed by atoms with Crippen molar-refractivity contribution in [3.8, 4) is 11.3 Å². The van der Waals surface area contributed by atoms with Crippen LogP contribution in [-0.2, 0) is 4.79 Å². The first-order valence-corrected chi connectivity index (χ1v) is 7.40. The second-order valence-corrected chi connectivity index (χ2v) is 5.26. The van der Waals surface area contributed by atoms with Gasteiger partial charge in [0.2, 0.25) is 5.91 Å². The second-order valence-electron chi connectivity index (χ2n) is 5.26. The Kier molecular flexibility index (Phi) is 4.34. The van der Waals surface area contributed by atoms with Gasteiger partial charge in [-0.25, -0.2) is 9.37 Å². The summed E-state index contributed by atoms with van der Waals surface area (Å²) in [6.07, 6.45) is 4.71. The normalized spacial score (nSPS) is 10.9. The Balaban J connectivity index is 1.83. The number of rotatable bonds is 5. The number of benzene rings is 1. The lowest BCUT2D eigenvalue weighted by Crippen LogP contribution is -2.13. The second kappa shape index (κ2) is 6.58. The molecule has 0 aliphatic heterocycles. The molecule has 1 amide bonds. The first-order chi connectivity index (χ1) is 11.2. The summed E-state index contributed by atoms with van der Waals surface area (Å²) in [5.41, 5.74) is 8.43. The third-order valence-corrected chi connectivity index (χ3v) is 3.48. The summed E-state index contributed by atoms with van der Waals surface area (Å²) in [4.78, 5) is 16.2. The van der Waals surface area contributed by atoms with Crippen molar-refractivity contribution in [2.45, 2.75) is 12.8 Å². The van der Waals surface area contributed by atoms with Crippen molar-refractivity contribution >= 4 is 17.2 Å². The topological polar surface area (TPSA) is 72.4 Å². The van der Waals surface area contributed by atoms with Crippen LogP contribution in [0.25, 0.3) is 16.9 Å². The van der Waals surface area contributed by atoms with Crippen LogP contribution in [0.3, 0.4) is 0 Å². The molecule has 23 heavy (non-hydrogen) atoms. The lowest BCUT2D eigenvalue weighted by molar-refractivity contribution is -0.116. The molecule has 0 atom stereocenters. The third-order valence-electron chi connectivity index (χ3n) is 3.48. The van der Waals surface area contributed by atoms with Crippen LogP contribution < -0.4 is 11.1 Å². The predicted molar refractivity (Wildman–Crippen MR) is 87.5 cm³/mol. The molecule has 3 aromatic rings. The van der Waals surface area contributed by atoms with Crippen LogP contribution in [0.4, 0.5) is 10.1 Å². The number of carbonyl (C=O) groups excluding carboxylic acids is 1. The highest BCUT2D eigenvalue weighted by Gasteiger charge is 2.07. The number of amides is 1. The van der Waals surface area contributed by atoms with Crippen LogP contribution in [-0.4, -0.2) is 21.8 Å². The van der Waals surface area contributed by atoms with E-state index in [9.17, 15) is 9.18 Å². The Bertz CT molecular complexity index is 826. The van der Waals surface area contributed by atoms with Gasteiger partial charge in [-0.1, -0.05) is 0 Å². The summed E-state index contributed by atoms with van der Waals surface area (Å²) >= 11 is 0. The van der Waals surface area contributed by atoms with E-state index in [0.29, 0.717) is 25.1 Å². The number of nitrogens with zero attached hydrogens (tertiary/aromatic N) is 2. The number of halogens is 1. The molecule has 5 nitrogen and oxygen atoms in total. The summed E-state index contributed by atoms with van der Waals surface area (Å²) in [6.45, 7) is 0.495. The molecule has 2 heterocycles. The smallest absolute Gasteiger partial charge is 0.224 e. The van der Waals surface area contributed by atoms with Crippen LogP contribution in [0, 0.1) is 5.82 Å². The number of hydrogen-bond acceptors (Lipinski definition) is 3. The molecular weight excluding hydrogens is 295 g/mol. The molecule has 0 fully saturated rings. The molecular formula is C17H17FN4O. The van der Waals surface area contributed by atoms with E-state index in [2.05, 4.69) is 10.3 Å². The average molecular weight is 312 g/mol. The van der Waals surface area contributed by atoms with Crippen molar-refractivity contribution < 1.29 is 9.18 Å². The molecule has 6 heteroatoms. The van der Waals surface area contributed by atoms with E-state index in [-0.39, 0.29) is 11.7 Å². The number of imidazole rings is 1. The van der Waals surface area contributed by atoms with Gasteiger partial charge in [0.05, 0.1) is 11.4 Å². The Morgan fingerprint density at radius 2 is 1.96 bits per heavy atom. The van der Waals surface area contributed by atoms with Crippen LogP contribution in [0.15, 0.2) is 48.8 Å². The van der Waals surface area contributed by atoms with Gasteiger partial charge in [-0.2, -0.15) is 0 Å². The van der Waals surface area contributed by atoms with Gasteiger partial charge in [0.15, 0.2) is 0 Å². The molecule has 1 aromatic carbocycles. The van der Waals surface area contributed by atoms with Gasteiger partial charge in [-0.3, -0.25) is 4.79 Å². The van der Waals surface area contributed by atoms with E-state index in [4.69, 9.17) is 5.73 Å². The van der Waals surface area contributed by atoms with E-state index < -0.39 is 0 Å². The lowest BCUT2D eigenvalue weighted by Gasteiger charge is -2.04. The van der Waals surface area contributed by atoms with Gasteiger partial charge in [-0.05, 0) is 49.4 Å². The minimum Gasteiger partial charge on any atom is -0.330 e. The van der Waals surface area contributed by atoms with Crippen LogP contribution in [0.5, 0.6) is 0 Å². The van der Waals surface area contributed by atoms with Gasteiger partial charge in [0, 0.05) is 24.4 Å². The highest BCUT2D eigenvalue weighted by atomic mass is 19.1. The fraction of sp³-hybridized carbons (Fsp3) is 0.176. The van der Waals surface area contributed by atoms with Crippen molar-refractivity contribution in [2.24, 2.45) is 5.73 Å². The number of pyridine rings is 1. The lowest BCUT2D eigenvalue weighted by atomic mass is 10.2. The highest BCUT2D eigenvalue weighted by Crippen LogP contribution is 2.21. The largest absolute Gasteiger partial charge is 0.330 e. The standard InChI is InChI=1S/C17H17FN4O/c18-13-5-3-12(4-6-13)15-11-22-10-14(7-8-16(22)21-15)20-17(23)2-1-9-19/h3-8,10-11H,1-2,9,19H2,(H,20,23). The number of anilines is 1. The molecule has 0 aliphatic carbocycles. The minimum absolute atomic E-state index is 0.0614. The maximum Gasteiger partial charge on any atom is 0.224 e. The summed E-state index contributed by atoms with van der Waals surface area (Å²) < 4.78 is 14.8. The number of hydrogen-bond donors (Lipinski definition) is 2. The number of carbonyl (C=O) groups is 1. The highest BCUT2D eigenvalue weighted by molar-refractivity contribution is 5.90. The Labute approximate surface area is 133 Å². The Morgan fingerprint density at radius 3 is 2.70 bits per heavy atom. The summed E-state index contributed by atoms with van der Waals surface area (Å²) in [6, 6.07) is 9.81. The molecule has 0 bridgehead atoms. The van der Waals surface area contributed by atoms with Crippen molar-refractivity contribution in [1.29, 1.82) is 0 Å².